The van der Waals surface area contributed by atoms with Gasteiger partial charge in [-0.2, -0.15) is 0 Å². The van der Waals surface area contributed by atoms with Gasteiger partial charge in [0.05, 0.1) is 0 Å². The van der Waals surface area contributed by atoms with Crippen LogP contribution < -0.4 is 10.0 Å². The van der Waals surface area contributed by atoms with Gasteiger partial charge in [-0.15, -0.1) is 0 Å². The predicted octanol–water partition coefficient (Wildman–Crippen LogP) is -0.960. The van der Waals surface area contributed by atoms with E-state index in [1.54, 1.807) is 4.72 Å². The zero-order valence-corrected chi connectivity index (χ0v) is 10.2. The number of nitrogens with zero attached hydrogens (tertiary/aromatic N) is 1. The van der Waals surface area contributed by atoms with Crippen molar-refractivity contribution >= 4 is 23.0 Å². The van der Waals surface area contributed by atoms with Crippen LogP contribution in [0.2, 0.25) is 0 Å². The molecular formula is C9H14N3O4S-. The molecule has 0 saturated carbocycles. The summed E-state index contributed by atoms with van der Waals surface area (Å²) in [5, 5.41) is 2.91. The first-order valence-electron chi connectivity index (χ1n) is 5.44. The summed E-state index contributed by atoms with van der Waals surface area (Å²) in [5.41, 5.74) is 0. The average Bonchev–Trinajstić information content (AvgIpc) is 2.28. The van der Waals surface area contributed by atoms with E-state index in [2.05, 4.69) is 10.3 Å². The van der Waals surface area contributed by atoms with Gasteiger partial charge in [0.15, 0.2) is 12.1 Å². The highest BCUT2D eigenvalue weighted by molar-refractivity contribution is 7.77. The molecule has 1 fully saturated rings. The van der Waals surface area contributed by atoms with Gasteiger partial charge in [-0.05, 0) is 19.8 Å². The summed E-state index contributed by atoms with van der Waals surface area (Å²) in [6.07, 6.45) is 1.63. The van der Waals surface area contributed by atoms with Crippen LogP contribution in [0.4, 0.5) is 0 Å². The molecular weight excluding hydrogens is 246 g/mol. The Morgan fingerprint density at radius 2 is 2.47 bits per heavy atom. The fraction of sp³-hybridized carbons (Fsp3) is 0.778. The van der Waals surface area contributed by atoms with Gasteiger partial charge < -0.3 is 14.6 Å². The zero-order chi connectivity index (χ0) is 12.4. The van der Waals surface area contributed by atoms with Gasteiger partial charge in [0.1, 0.15) is 0 Å². The minimum absolute atomic E-state index is 0.0184. The maximum atomic E-state index is 11.5. The second-order valence-electron chi connectivity index (χ2n) is 4.14. The molecule has 0 aromatic carbocycles. The predicted molar refractivity (Wildman–Crippen MR) is 59.6 cm³/mol. The fourth-order valence-electron chi connectivity index (χ4n) is 2.15. The van der Waals surface area contributed by atoms with Crippen LogP contribution in [0.1, 0.15) is 19.8 Å². The lowest BCUT2D eigenvalue weighted by molar-refractivity contribution is -0.114. The highest BCUT2D eigenvalue weighted by Crippen LogP contribution is 2.27. The lowest BCUT2D eigenvalue weighted by Gasteiger charge is -2.38. The lowest BCUT2D eigenvalue weighted by atomic mass is 9.91. The SMILES string of the molecule is CC1NC(C(=O)NS(=O)[O-])=NC2OCCCC12. The second-order valence-corrected chi connectivity index (χ2v) is 4.82. The summed E-state index contributed by atoms with van der Waals surface area (Å²) in [6.45, 7) is 2.56. The number of carbonyl (C=O) groups is 1. The van der Waals surface area contributed by atoms with E-state index in [1.807, 2.05) is 6.92 Å². The Bertz CT molecular complexity index is 373. The first kappa shape index (κ1) is 12.5. The Balaban J connectivity index is 2.11. The third-order valence-electron chi connectivity index (χ3n) is 2.99. The molecule has 0 aliphatic carbocycles. The van der Waals surface area contributed by atoms with Crippen molar-refractivity contribution in [3.05, 3.63) is 0 Å². The van der Waals surface area contributed by atoms with Crippen molar-refractivity contribution in [2.45, 2.75) is 32.0 Å². The molecule has 2 heterocycles. The van der Waals surface area contributed by atoms with Crippen molar-refractivity contribution in [3.63, 3.8) is 0 Å². The summed E-state index contributed by atoms with van der Waals surface area (Å²) in [6, 6.07) is 0.0404. The third kappa shape index (κ3) is 2.82. The summed E-state index contributed by atoms with van der Waals surface area (Å²) < 4.78 is 28.0. The molecule has 17 heavy (non-hydrogen) atoms. The van der Waals surface area contributed by atoms with Crippen molar-refractivity contribution in [2.24, 2.45) is 10.9 Å². The summed E-state index contributed by atoms with van der Waals surface area (Å²) in [7, 11) is 0. The van der Waals surface area contributed by atoms with Gasteiger partial charge in [0.25, 0.3) is 5.91 Å². The lowest BCUT2D eigenvalue weighted by Crippen LogP contribution is -2.54. The van der Waals surface area contributed by atoms with Crippen molar-refractivity contribution < 1.29 is 18.3 Å². The van der Waals surface area contributed by atoms with E-state index in [0.717, 1.165) is 12.8 Å². The summed E-state index contributed by atoms with van der Waals surface area (Å²) in [5.74, 6) is -0.499. The number of aliphatic imine (C=N–C) groups is 1. The molecule has 2 rings (SSSR count). The Morgan fingerprint density at radius 3 is 3.18 bits per heavy atom. The van der Waals surface area contributed by atoms with Crippen molar-refractivity contribution in [1.29, 1.82) is 0 Å². The Labute approximate surface area is 101 Å². The van der Waals surface area contributed by atoms with E-state index >= 15 is 0 Å². The number of amides is 1. The largest absolute Gasteiger partial charge is 0.755 e. The van der Waals surface area contributed by atoms with Crippen LogP contribution in [0.3, 0.4) is 0 Å². The number of nitrogens with one attached hydrogen (secondary N) is 2. The van der Waals surface area contributed by atoms with E-state index < -0.39 is 17.2 Å². The van der Waals surface area contributed by atoms with Crippen LogP contribution in [0.25, 0.3) is 0 Å². The molecule has 0 radical (unpaired) electrons. The van der Waals surface area contributed by atoms with Gasteiger partial charge in [0, 0.05) is 29.8 Å². The summed E-state index contributed by atoms with van der Waals surface area (Å²) in [4.78, 5) is 15.6. The number of hydrogen-bond donors (Lipinski definition) is 2. The molecule has 8 heteroatoms. The van der Waals surface area contributed by atoms with Gasteiger partial charge in [-0.3, -0.25) is 13.7 Å². The number of ether oxygens (including phenoxy) is 1. The van der Waals surface area contributed by atoms with E-state index in [4.69, 9.17) is 4.74 Å². The maximum Gasteiger partial charge on any atom is 0.297 e. The van der Waals surface area contributed by atoms with E-state index in [9.17, 15) is 13.6 Å². The summed E-state index contributed by atoms with van der Waals surface area (Å²) >= 11 is -2.63. The standard InChI is InChI=1S/C9H15N3O4S/c1-5-6-3-2-4-16-9(6)11-7(10-5)8(13)12-17(14)15/h5-6,9H,2-4H2,1H3,(H,10,11)(H,12,13)(H,14,15)/p-1. The second kappa shape index (κ2) is 5.11. The third-order valence-corrected chi connectivity index (χ3v) is 3.34. The zero-order valence-electron chi connectivity index (χ0n) is 9.34. The van der Waals surface area contributed by atoms with Crippen LogP contribution in [0, 0.1) is 5.92 Å². The molecule has 2 aliphatic rings. The number of fused-ring (bicyclic) bond motifs is 1. The van der Waals surface area contributed by atoms with E-state index in [0.29, 0.717) is 6.61 Å². The molecule has 7 nitrogen and oxygen atoms in total. The molecule has 96 valence electrons. The van der Waals surface area contributed by atoms with Crippen LogP contribution in [0.5, 0.6) is 0 Å². The van der Waals surface area contributed by atoms with Crippen LogP contribution in [-0.4, -0.2) is 39.4 Å². The Hall–Kier alpha value is -0.990. The molecule has 1 amide bonds. The molecule has 4 atom stereocenters. The first-order valence-corrected chi connectivity index (χ1v) is 6.51. The van der Waals surface area contributed by atoms with Gasteiger partial charge in [-0.1, -0.05) is 0 Å². The molecule has 0 bridgehead atoms. The number of amidine groups is 1. The minimum atomic E-state index is -2.63. The number of carbonyl (C=O) groups excluding carboxylic acids is 1. The van der Waals surface area contributed by atoms with E-state index in [1.165, 1.54) is 0 Å². The number of hydrogen-bond acceptors (Lipinski definition) is 6. The molecule has 1 saturated heterocycles. The molecule has 2 aliphatic heterocycles. The molecule has 2 N–H and O–H groups in total. The maximum absolute atomic E-state index is 11.5. The fourth-order valence-corrected chi connectivity index (χ4v) is 2.40. The van der Waals surface area contributed by atoms with Crippen LogP contribution in [-0.2, 0) is 20.8 Å². The molecule has 4 unspecified atom stereocenters. The van der Waals surface area contributed by atoms with Crippen molar-refractivity contribution in [2.75, 3.05) is 6.61 Å². The number of rotatable bonds is 2. The van der Waals surface area contributed by atoms with E-state index in [-0.39, 0.29) is 24.0 Å². The van der Waals surface area contributed by atoms with Gasteiger partial charge in [0.2, 0.25) is 0 Å². The van der Waals surface area contributed by atoms with Gasteiger partial charge in [-0.25, -0.2) is 4.99 Å². The quantitative estimate of drug-likeness (QED) is 0.622. The Morgan fingerprint density at radius 1 is 1.71 bits per heavy atom. The molecule has 0 aromatic rings. The first-order chi connectivity index (χ1) is 8.08. The molecule has 0 aromatic heterocycles. The highest BCUT2D eigenvalue weighted by atomic mass is 32.2. The van der Waals surface area contributed by atoms with Crippen LogP contribution in [0.15, 0.2) is 4.99 Å². The highest BCUT2D eigenvalue weighted by Gasteiger charge is 2.36. The Kier molecular flexibility index (Phi) is 3.75. The van der Waals surface area contributed by atoms with Crippen LogP contribution >= 0.6 is 0 Å². The average molecular weight is 260 g/mol. The topological polar surface area (TPSA) is 103 Å². The van der Waals surface area contributed by atoms with Gasteiger partial charge >= 0.3 is 0 Å². The minimum Gasteiger partial charge on any atom is -0.755 e. The smallest absolute Gasteiger partial charge is 0.297 e. The molecule has 0 spiro atoms. The van der Waals surface area contributed by atoms with Crippen molar-refractivity contribution in [1.82, 2.24) is 10.0 Å². The monoisotopic (exact) mass is 260 g/mol. The van der Waals surface area contributed by atoms with Crippen molar-refractivity contribution in [3.8, 4) is 0 Å². The normalized spacial score (nSPS) is 34.0.